The number of Topliss-reactive ketones (excluding diaryl/α,β-unsaturated/α-hetero) is 1. The van der Waals surface area contributed by atoms with Gasteiger partial charge in [-0.1, -0.05) is 0 Å². The van der Waals surface area contributed by atoms with Gasteiger partial charge in [0.05, 0.1) is 13.0 Å². The molecule has 28 heavy (non-hydrogen) atoms. The highest BCUT2D eigenvalue weighted by Crippen LogP contribution is 2.27. The zero-order valence-electron chi connectivity index (χ0n) is 14.2. The van der Waals surface area contributed by atoms with Crippen LogP contribution in [0.4, 0.5) is 26.3 Å². The van der Waals surface area contributed by atoms with Gasteiger partial charge in [0, 0.05) is 25.6 Å². The summed E-state index contributed by atoms with van der Waals surface area (Å²) in [6.45, 7) is -0.405. The number of hydrogen-bond donors (Lipinski definition) is 1. The van der Waals surface area contributed by atoms with Gasteiger partial charge in [-0.25, -0.2) is 13.2 Å². The van der Waals surface area contributed by atoms with Crippen LogP contribution >= 0.6 is 0 Å². The Morgan fingerprint density at radius 2 is 1.79 bits per heavy atom. The molecule has 1 unspecified atom stereocenters. The van der Waals surface area contributed by atoms with Gasteiger partial charge in [-0.2, -0.15) is 18.3 Å². The third-order valence-electron chi connectivity index (χ3n) is 4.39. The van der Waals surface area contributed by atoms with Crippen molar-refractivity contribution in [1.29, 1.82) is 0 Å². The minimum atomic E-state index is -4.54. The van der Waals surface area contributed by atoms with Crippen LogP contribution in [0.1, 0.15) is 12.0 Å². The van der Waals surface area contributed by atoms with Crippen molar-refractivity contribution in [1.82, 2.24) is 15.2 Å². The lowest BCUT2D eigenvalue weighted by atomic mass is 10.1. The van der Waals surface area contributed by atoms with E-state index < -0.39 is 54.3 Å². The number of hydrogen-bond acceptors (Lipinski definition) is 5. The van der Waals surface area contributed by atoms with Gasteiger partial charge in [0.2, 0.25) is 12.1 Å². The van der Waals surface area contributed by atoms with Crippen LogP contribution in [-0.2, 0) is 16.0 Å². The molecule has 1 fully saturated rings. The van der Waals surface area contributed by atoms with Gasteiger partial charge in [-0.3, -0.25) is 15.0 Å². The Morgan fingerprint density at radius 3 is 2.46 bits per heavy atom. The van der Waals surface area contributed by atoms with Gasteiger partial charge >= 0.3 is 6.18 Å². The summed E-state index contributed by atoms with van der Waals surface area (Å²) in [4.78, 5) is 26.4. The van der Waals surface area contributed by atoms with E-state index in [2.05, 4.69) is 5.10 Å². The third kappa shape index (κ3) is 4.04. The molecule has 2 heterocycles. The quantitative estimate of drug-likeness (QED) is 0.467. The van der Waals surface area contributed by atoms with Gasteiger partial charge in [-0.15, -0.1) is 0 Å². The minimum absolute atomic E-state index is 0.0148. The summed E-state index contributed by atoms with van der Waals surface area (Å²) in [6, 6.07) is 0.851. The van der Waals surface area contributed by atoms with E-state index in [4.69, 9.17) is 0 Å². The number of ketones is 1. The summed E-state index contributed by atoms with van der Waals surface area (Å²) in [7, 11) is 0. The number of rotatable bonds is 4. The van der Waals surface area contributed by atoms with Crippen LogP contribution in [0.25, 0.3) is 0 Å². The Hall–Kier alpha value is -2.79. The van der Waals surface area contributed by atoms with Crippen molar-refractivity contribution in [3.8, 4) is 0 Å². The molecular weight excluding hydrogens is 394 g/mol. The number of nitrogens with one attached hydrogen (secondary N) is 1. The summed E-state index contributed by atoms with van der Waals surface area (Å²) in [6.07, 6.45) is -7.77. The Labute approximate surface area is 154 Å². The van der Waals surface area contributed by atoms with Crippen molar-refractivity contribution >= 4 is 17.5 Å². The molecule has 1 N–H and O–H groups in total. The van der Waals surface area contributed by atoms with Gasteiger partial charge < -0.3 is 9.80 Å². The molecule has 152 valence electrons. The highest BCUT2D eigenvalue weighted by atomic mass is 19.4. The molecule has 0 bridgehead atoms. The molecule has 6 nitrogen and oxygen atoms in total. The first-order valence-electron chi connectivity index (χ1n) is 8.14. The van der Waals surface area contributed by atoms with Crippen molar-refractivity contribution < 1.29 is 35.9 Å². The van der Waals surface area contributed by atoms with E-state index in [1.54, 1.807) is 0 Å². The van der Waals surface area contributed by atoms with E-state index in [9.17, 15) is 35.9 Å². The number of nitrogens with zero attached hydrogens (tertiary/aromatic N) is 3. The summed E-state index contributed by atoms with van der Waals surface area (Å²) >= 11 is 0. The number of halogens is 6. The molecular formula is C16H14F6N4O2. The number of fused-ring (bicyclic) bond motifs is 1. The van der Waals surface area contributed by atoms with Gasteiger partial charge in [0.15, 0.2) is 11.6 Å². The topological polar surface area (TPSA) is 65.0 Å². The Bertz CT molecular complexity index is 841. The predicted molar refractivity (Wildman–Crippen MR) is 83.3 cm³/mol. The zero-order chi connectivity index (χ0) is 20.6. The Kier molecular flexibility index (Phi) is 5.22. The molecule has 1 aromatic carbocycles. The fourth-order valence-corrected chi connectivity index (χ4v) is 3.00. The second kappa shape index (κ2) is 7.32. The average Bonchev–Trinajstić information content (AvgIpc) is 3.03. The maximum Gasteiger partial charge on any atom is 0.428 e. The van der Waals surface area contributed by atoms with E-state index in [-0.39, 0.29) is 31.0 Å². The van der Waals surface area contributed by atoms with Crippen LogP contribution in [0.2, 0.25) is 0 Å². The fourth-order valence-electron chi connectivity index (χ4n) is 3.00. The zero-order valence-corrected chi connectivity index (χ0v) is 14.2. The van der Waals surface area contributed by atoms with Crippen LogP contribution in [0.3, 0.4) is 0 Å². The maximum atomic E-state index is 13.6. The highest BCUT2D eigenvalue weighted by molar-refractivity contribution is 6.00. The third-order valence-corrected chi connectivity index (χ3v) is 4.39. The SMILES string of the molecule is O=C(CC(=O)N1CCN2C(=NNC2C(F)(F)F)C1)Cc1cc(F)c(F)cc1F. The molecule has 1 amide bonds. The van der Waals surface area contributed by atoms with Crippen LogP contribution in [0, 0.1) is 17.5 Å². The summed E-state index contributed by atoms with van der Waals surface area (Å²) < 4.78 is 78.3. The number of alkyl halides is 3. The number of carbonyl (C=O) groups excluding carboxylic acids is 2. The summed E-state index contributed by atoms with van der Waals surface area (Å²) in [5.41, 5.74) is 1.57. The number of amides is 1. The average molecular weight is 408 g/mol. The fraction of sp³-hybridized carbons (Fsp3) is 0.438. The minimum Gasteiger partial charge on any atom is -0.333 e. The molecule has 0 aromatic heterocycles. The highest BCUT2D eigenvalue weighted by Gasteiger charge is 2.49. The van der Waals surface area contributed by atoms with Gasteiger partial charge in [0.1, 0.15) is 17.4 Å². The van der Waals surface area contributed by atoms with Gasteiger partial charge in [-0.05, 0) is 11.6 Å². The lowest BCUT2D eigenvalue weighted by Gasteiger charge is -2.36. The van der Waals surface area contributed by atoms with Crippen molar-refractivity contribution in [2.24, 2.45) is 5.10 Å². The van der Waals surface area contributed by atoms with Crippen LogP contribution in [0.15, 0.2) is 17.2 Å². The standard InChI is InChI=1S/C16H14F6N4O2/c17-10-6-12(19)11(18)4-8(10)3-9(27)5-14(28)25-1-2-26-13(7-25)23-24-15(26)16(20,21)22/h4,6,15,24H,1-3,5,7H2. The number of carbonyl (C=O) groups is 2. The molecule has 1 atom stereocenters. The van der Waals surface area contributed by atoms with E-state index >= 15 is 0 Å². The van der Waals surface area contributed by atoms with Crippen LogP contribution < -0.4 is 5.43 Å². The number of piperazine rings is 1. The normalized spacial score (nSPS) is 19.2. The molecule has 12 heteroatoms. The predicted octanol–water partition coefficient (Wildman–Crippen LogP) is 1.55. The first kappa shape index (κ1) is 20.0. The first-order chi connectivity index (χ1) is 13.1. The summed E-state index contributed by atoms with van der Waals surface area (Å²) in [5, 5.41) is 3.58. The molecule has 0 radical (unpaired) electrons. The monoisotopic (exact) mass is 408 g/mol. The van der Waals surface area contributed by atoms with Crippen molar-refractivity contribution in [2.45, 2.75) is 25.2 Å². The largest absolute Gasteiger partial charge is 0.428 e. The lowest BCUT2D eigenvalue weighted by molar-refractivity contribution is -0.179. The van der Waals surface area contributed by atoms with Crippen molar-refractivity contribution in [2.75, 3.05) is 19.6 Å². The Balaban J connectivity index is 1.58. The molecule has 3 rings (SSSR count). The van der Waals surface area contributed by atoms with E-state index in [0.717, 1.165) is 9.80 Å². The molecule has 0 spiro atoms. The number of hydrazone groups is 1. The van der Waals surface area contributed by atoms with Crippen LogP contribution in [0.5, 0.6) is 0 Å². The molecule has 0 saturated carbocycles. The second-order valence-electron chi connectivity index (χ2n) is 6.36. The molecule has 2 aliphatic heterocycles. The first-order valence-corrected chi connectivity index (χ1v) is 8.14. The van der Waals surface area contributed by atoms with E-state index in [1.165, 1.54) is 0 Å². The molecule has 1 saturated heterocycles. The smallest absolute Gasteiger partial charge is 0.333 e. The van der Waals surface area contributed by atoms with Crippen molar-refractivity contribution in [3.63, 3.8) is 0 Å². The van der Waals surface area contributed by atoms with Gasteiger partial charge in [0.25, 0.3) is 0 Å². The Morgan fingerprint density at radius 1 is 1.11 bits per heavy atom. The van der Waals surface area contributed by atoms with E-state index in [1.807, 2.05) is 5.43 Å². The second-order valence-corrected chi connectivity index (χ2v) is 6.36. The lowest BCUT2D eigenvalue weighted by Crippen LogP contribution is -2.58. The number of amidine groups is 1. The molecule has 0 aliphatic carbocycles. The molecule has 1 aromatic rings. The van der Waals surface area contributed by atoms with E-state index in [0.29, 0.717) is 12.1 Å². The van der Waals surface area contributed by atoms with Crippen molar-refractivity contribution in [3.05, 3.63) is 35.1 Å². The van der Waals surface area contributed by atoms with Crippen LogP contribution in [-0.4, -0.2) is 59.3 Å². The summed E-state index contributed by atoms with van der Waals surface area (Å²) in [5.74, 6) is -5.23. The number of benzene rings is 1. The maximum absolute atomic E-state index is 13.6. The molecule has 2 aliphatic rings.